The van der Waals surface area contributed by atoms with Gasteiger partial charge in [0, 0.05) is 23.4 Å². The molecule has 3 rings (SSSR count). The third-order valence-corrected chi connectivity index (χ3v) is 3.76. The number of anilines is 1. The molecule has 0 spiro atoms. The van der Waals surface area contributed by atoms with Crippen LogP contribution in [0.4, 0.5) is 10.2 Å². The molecule has 1 heterocycles. The van der Waals surface area contributed by atoms with E-state index < -0.39 is 5.82 Å². The summed E-state index contributed by atoms with van der Waals surface area (Å²) in [7, 11) is 0. The van der Waals surface area contributed by atoms with Crippen LogP contribution in [0.3, 0.4) is 0 Å². The highest BCUT2D eigenvalue weighted by Gasteiger charge is 2.19. The van der Waals surface area contributed by atoms with E-state index >= 15 is 0 Å². The summed E-state index contributed by atoms with van der Waals surface area (Å²) in [5.41, 5.74) is 2.92. The van der Waals surface area contributed by atoms with E-state index in [2.05, 4.69) is 15.3 Å². The van der Waals surface area contributed by atoms with Crippen molar-refractivity contribution in [3.63, 3.8) is 0 Å². The van der Waals surface area contributed by atoms with Gasteiger partial charge < -0.3 is 5.32 Å². The van der Waals surface area contributed by atoms with E-state index in [4.69, 9.17) is 11.6 Å². The summed E-state index contributed by atoms with van der Waals surface area (Å²) in [5, 5.41) is 3.39. The standard InChI is InChI=1S/C15H15ClFN3/c1-2-18-15-10-4-3-5-13(10)19-14(20-15)9-6-7-11(16)12(17)8-9/h6-8H,2-5H2,1H3,(H,18,19,20). The lowest BCUT2D eigenvalue weighted by Crippen LogP contribution is -2.06. The normalized spacial score (nSPS) is 13.3. The molecule has 1 aromatic carbocycles. The quantitative estimate of drug-likeness (QED) is 0.933. The summed E-state index contributed by atoms with van der Waals surface area (Å²) in [5.74, 6) is 0.982. The molecule has 0 bridgehead atoms. The molecule has 0 unspecified atom stereocenters. The zero-order chi connectivity index (χ0) is 14.1. The second-order valence-corrected chi connectivity index (χ2v) is 5.24. The molecular weight excluding hydrogens is 277 g/mol. The third kappa shape index (κ3) is 2.36. The van der Waals surface area contributed by atoms with Crippen LogP contribution in [0.1, 0.15) is 24.6 Å². The third-order valence-electron chi connectivity index (χ3n) is 3.46. The predicted molar refractivity (Wildman–Crippen MR) is 78.6 cm³/mol. The van der Waals surface area contributed by atoms with E-state index in [-0.39, 0.29) is 5.02 Å². The van der Waals surface area contributed by atoms with Gasteiger partial charge in [-0.05, 0) is 44.4 Å². The SMILES string of the molecule is CCNc1nc(-c2ccc(Cl)c(F)c2)nc2c1CCC2. The summed E-state index contributed by atoms with van der Waals surface area (Å²) in [4.78, 5) is 9.12. The molecule has 1 aliphatic carbocycles. The number of hydrogen-bond donors (Lipinski definition) is 1. The lowest BCUT2D eigenvalue weighted by atomic mass is 10.1. The molecule has 3 nitrogen and oxygen atoms in total. The van der Waals surface area contributed by atoms with Crippen LogP contribution in [-0.4, -0.2) is 16.5 Å². The Kier molecular flexibility index (Phi) is 3.57. The smallest absolute Gasteiger partial charge is 0.161 e. The Morgan fingerprint density at radius 2 is 2.15 bits per heavy atom. The fourth-order valence-electron chi connectivity index (χ4n) is 2.51. The van der Waals surface area contributed by atoms with Crippen LogP contribution in [0.25, 0.3) is 11.4 Å². The molecule has 0 fully saturated rings. The van der Waals surface area contributed by atoms with Crippen molar-refractivity contribution in [3.05, 3.63) is 40.3 Å². The van der Waals surface area contributed by atoms with Gasteiger partial charge in [-0.3, -0.25) is 0 Å². The van der Waals surface area contributed by atoms with Crippen molar-refractivity contribution in [1.29, 1.82) is 0 Å². The fraction of sp³-hybridized carbons (Fsp3) is 0.333. The first kappa shape index (κ1) is 13.3. The Morgan fingerprint density at radius 1 is 1.30 bits per heavy atom. The molecule has 20 heavy (non-hydrogen) atoms. The van der Waals surface area contributed by atoms with Crippen molar-refractivity contribution >= 4 is 17.4 Å². The molecular formula is C15H15ClFN3. The molecule has 0 radical (unpaired) electrons. The molecule has 0 saturated heterocycles. The summed E-state index contributed by atoms with van der Waals surface area (Å²) < 4.78 is 13.6. The zero-order valence-corrected chi connectivity index (χ0v) is 12.0. The molecule has 5 heteroatoms. The van der Waals surface area contributed by atoms with Crippen LogP contribution in [-0.2, 0) is 12.8 Å². The first-order valence-corrected chi connectivity index (χ1v) is 7.16. The minimum Gasteiger partial charge on any atom is -0.370 e. The van der Waals surface area contributed by atoms with Crippen LogP contribution in [0.2, 0.25) is 5.02 Å². The highest BCUT2D eigenvalue weighted by atomic mass is 35.5. The summed E-state index contributed by atoms with van der Waals surface area (Å²) in [6.07, 6.45) is 3.06. The van der Waals surface area contributed by atoms with Crippen molar-refractivity contribution in [1.82, 2.24) is 9.97 Å². The van der Waals surface area contributed by atoms with Gasteiger partial charge in [-0.25, -0.2) is 14.4 Å². The van der Waals surface area contributed by atoms with Crippen molar-refractivity contribution in [2.45, 2.75) is 26.2 Å². The molecule has 0 amide bonds. The van der Waals surface area contributed by atoms with Crippen molar-refractivity contribution in [2.24, 2.45) is 0 Å². The number of benzene rings is 1. The van der Waals surface area contributed by atoms with Crippen LogP contribution in [0, 0.1) is 5.82 Å². The topological polar surface area (TPSA) is 37.8 Å². The van der Waals surface area contributed by atoms with E-state index in [1.165, 1.54) is 17.7 Å². The number of halogens is 2. The number of aryl methyl sites for hydroxylation is 1. The molecule has 1 aromatic heterocycles. The Hall–Kier alpha value is -1.68. The number of fused-ring (bicyclic) bond motifs is 1. The van der Waals surface area contributed by atoms with Crippen molar-refractivity contribution < 1.29 is 4.39 Å². The van der Waals surface area contributed by atoms with E-state index in [9.17, 15) is 4.39 Å². The van der Waals surface area contributed by atoms with E-state index in [1.807, 2.05) is 6.92 Å². The number of nitrogens with one attached hydrogen (secondary N) is 1. The summed E-state index contributed by atoms with van der Waals surface area (Å²) in [6.45, 7) is 2.84. The van der Waals surface area contributed by atoms with Gasteiger partial charge in [-0.15, -0.1) is 0 Å². The zero-order valence-electron chi connectivity index (χ0n) is 11.2. The van der Waals surface area contributed by atoms with E-state index in [1.54, 1.807) is 6.07 Å². The predicted octanol–water partition coefficient (Wildman–Crippen LogP) is 3.86. The lowest BCUT2D eigenvalue weighted by Gasteiger charge is -2.11. The van der Waals surface area contributed by atoms with E-state index in [0.717, 1.165) is 37.3 Å². The monoisotopic (exact) mass is 291 g/mol. The van der Waals surface area contributed by atoms with Gasteiger partial charge in [0.2, 0.25) is 0 Å². The van der Waals surface area contributed by atoms with Gasteiger partial charge in [0.15, 0.2) is 5.82 Å². The van der Waals surface area contributed by atoms with Gasteiger partial charge in [0.1, 0.15) is 11.6 Å². The van der Waals surface area contributed by atoms with Crippen LogP contribution < -0.4 is 5.32 Å². The maximum Gasteiger partial charge on any atom is 0.161 e. The Bertz CT molecular complexity index is 658. The first-order chi connectivity index (χ1) is 9.69. The Labute approximate surface area is 122 Å². The molecule has 1 N–H and O–H groups in total. The second-order valence-electron chi connectivity index (χ2n) is 4.83. The van der Waals surface area contributed by atoms with E-state index in [0.29, 0.717) is 11.4 Å². The molecule has 2 aromatic rings. The summed E-state index contributed by atoms with van der Waals surface area (Å²) >= 11 is 5.71. The number of aromatic nitrogens is 2. The van der Waals surface area contributed by atoms with Gasteiger partial charge >= 0.3 is 0 Å². The molecule has 1 aliphatic rings. The maximum atomic E-state index is 13.6. The Balaban J connectivity index is 2.09. The lowest BCUT2D eigenvalue weighted by molar-refractivity contribution is 0.628. The minimum absolute atomic E-state index is 0.113. The second kappa shape index (κ2) is 5.37. The Morgan fingerprint density at radius 3 is 2.90 bits per heavy atom. The van der Waals surface area contributed by atoms with Crippen LogP contribution >= 0.6 is 11.6 Å². The van der Waals surface area contributed by atoms with Gasteiger partial charge in [-0.2, -0.15) is 0 Å². The summed E-state index contributed by atoms with van der Waals surface area (Å²) in [6, 6.07) is 4.67. The average molecular weight is 292 g/mol. The molecule has 104 valence electrons. The highest BCUT2D eigenvalue weighted by Crippen LogP contribution is 2.30. The minimum atomic E-state index is -0.446. The molecule has 0 atom stereocenters. The maximum absolute atomic E-state index is 13.6. The average Bonchev–Trinajstić information content (AvgIpc) is 2.90. The van der Waals surface area contributed by atoms with Crippen LogP contribution in [0.5, 0.6) is 0 Å². The van der Waals surface area contributed by atoms with Crippen LogP contribution in [0.15, 0.2) is 18.2 Å². The number of nitrogens with zero attached hydrogens (tertiary/aromatic N) is 2. The fourth-order valence-corrected chi connectivity index (χ4v) is 2.63. The first-order valence-electron chi connectivity index (χ1n) is 6.78. The molecule has 0 aliphatic heterocycles. The number of rotatable bonds is 3. The van der Waals surface area contributed by atoms with Crippen molar-refractivity contribution in [2.75, 3.05) is 11.9 Å². The highest BCUT2D eigenvalue weighted by molar-refractivity contribution is 6.30. The van der Waals surface area contributed by atoms with Crippen molar-refractivity contribution in [3.8, 4) is 11.4 Å². The van der Waals surface area contributed by atoms with Gasteiger partial charge in [0.05, 0.1) is 5.02 Å². The van der Waals surface area contributed by atoms with Gasteiger partial charge in [-0.1, -0.05) is 11.6 Å². The van der Waals surface area contributed by atoms with Gasteiger partial charge in [0.25, 0.3) is 0 Å². The molecule has 0 saturated carbocycles. The largest absolute Gasteiger partial charge is 0.370 e. The number of hydrogen-bond acceptors (Lipinski definition) is 3.